The van der Waals surface area contributed by atoms with E-state index < -0.39 is 0 Å². The van der Waals surface area contributed by atoms with Crippen molar-refractivity contribution in [1.82, 2.24) is 40.8 Å². The summed E-state index contributed by atoms with van der Waals surface area (Å²) in [6, 6.07) is 5.43. The predicted octanol–water partition coefficient (Wildman–Crippen LogP) is 2.27. The molecule has 2 heterocycles. The molecule has 0 bridgehead atoms. The third-order valence-electron chi connectivity index (χ3n) is 4.55. The molecule has 156 valence electrons. The van der Waals surface area contributed by atoms with Crippen LogP contribution in [-0.2, 0) is 25.8 Å². The summed E-state index contributed by atoms with van der Waals surface area (Å²) in [4.78, 5) is 1.64. The summed E-state index contributed by atoms with van der Waals surface area (Å²) < 4.78 is 5.87. The van der Waals surface area contributed by atoms with Crippen molar-refractivity contribution in [2.75, 3.05) is 6.61 Å². The maximum absolute atomic E-state index is 9.99. The second-order valence-corrected chi connectivity index (χ2v) is 6.90. The Morgan fingerprint density at radius 1 is 1.03 bits per heavy atom. The van der Waals surface area contributed by atoms with E-state index in [1.807, 2.05) is 12.1 Å². The Bertz CT molecular complexity index is 850. The minimum atomic E-state index is 0.308. The van der Waals surface area contributed by atoms with E-state index in [9.17, 15) is 5.11 Å². The number of hydrogen-bond donors (Lipinski definition) is 2. The first-order valence-electron chi connectivity index (χ1n) is 10.2. The molecule has 10 nitrogen and oxygen atoms in total. The number of unbranched alkanes of at least 4 members (excludes halogenated alkanes) is 2. The number of aromatic nitrogens is 8. The van der Waals surface area contributed by atoms with Crippen LogP contribution in [0.15, 0.2) is 18.2 Å². The normalized spacial score (nSPS) is 11.1. The number of nitrogens with zero attached hydrogens (tertiary/aromatic N) is 7. The number of benzene rings is 1. The molecule has 10 heteroatoms. The molecule has 2 N–H and O–H groups in total. The molecule has 0 atom stereocenters. The van der Waals surface area contributed by atoms with Gasteiger partial charge in [0.25, 0.3) is 0 Å². The van der Waals surface area contributed by atoms with Crippen molar-refractivity contribution in [2.45, 2.75) is 64.8 Å². The van der Waals surface area contributed by atoms with Gasteiger partial charge in [-0.2, -0.15) is 10.0 Å². The van der Waals surface area contributed by atoms with Crippen LogP contribution >= 0.6 is 0 Å². The van der Waals surface area contributed by atoms with E-state index in [-0.39, 0.29) is 0 Å². The number of phenolic OH excluding ortho intramolecular Hbond substituents is 1. The van der Waals surface area contributed by atoms with Crippen molar-refractivity contribution in [3.05, 3.63) is 35.4 Å². The van der Waals surface area contributed by atoms with Gasteiger partial charge in [0.1, 0.15) is 11.5 Å². The van der Waals surface area contributed by atoms with Crippen LogP contribution < -0.4 is 4.74 Å². The molecule has 0 spiro atoms. The van der Waals surface area contributed by atoms with E-state index in [4.69, 9.17) is 4.74 Å². The fourth-order valence-corrected chi connectivity index (χ4v) is 3.05. The molecular weight excluding hydrogens is 372 g/mol. The Morgan fingerprint density at radius 3 is 2.72 bits per heavy atom. The summed E-state index contributed by atoms with van der Waals surface area (Å²) in [5.41, 5.74) is 0.888. The first-order chi connectivity index (χ1) is 14.3. The highest BCUT2D eigenvalue weighted by atomic mass is 16.5. The second-order valence-electron chi connectivity index (χ2n) is 6.90. The van der Waals surface area contributed by atoms with Crippen molar-refractivity contribution in [3.63, 3.8) is 0 Å². The number of aryl methyl sites for hydroxylation is 3. The van der Waals surface area contributed by atoms with Crippen LogP contribution in [0.4, 0.5) is 0 Å². The summed E-state index contributed by atoms with van der Waals surface area (Å²) in [7, 11) is 0. The van der Waals surface area contributed by atoms with Gasteiger partial charge in [0.2, 0.25) is 0 Å². The quantitative estimate of drug-likeness (QED) is 0.418. The van der Waals surface area contributed by atoms with Gasteiger partial charge in [0, 0.05) is 18.4 Å². The van der Waals surface area contributed by atoms with E-state index in [1.54, 1.807) is 10.9 Å². The summed E-state index contributed by atoms with van der Waals surface area (Å²) in [6.07, 6.45) is 7.03. The lowest BCUT2D eigenvalue weighted by molar-refractivity contribution is 0.301. The van der Waals surface area contributed by atoms with E-state index >= 15 is 0 Å². The van der Waals surface area contributed by atoms with Crippen LogP contribution in [0.2, 0.25) is 0 Å². The van der Waals surface area contributed by atoms with Crippen molar-refractivity contribution >= 4 is 0 Å². The number of H-pyrrole nitrogens is 1. The molecule has 29 heavy (non-hydrogen) atoms. The second kappa shape index (κ2) is 11.1. The van der Waals surface area contributed by atoms with Crippen LogP contribution in [0.3, 0.4) is 0 Å². The molecule has 0 aliphatic carbocycles. The summed E-state index contributed by atoms with van der Waals surface area (Å²) in [6.45, 7) is 3.42. The smallest absolute Gasteiger partial charge is 0.174 e. The van der Waals surface area contributed by atoms with Gasteiger partial charge >= 0.3 is 0 Å². The van der Waals surface area contributed by atoms with Crippen molar-refractivity contribution in [1.29, 1.82) is 0 Å². The third kappa shape index (κ3) is 6.51. The van der Waals surface area contributed by atoms with Gasteiger partial charge in [-0.1, -0.05) is 24.6 Å². The minimum Gasteiger partial charge on any atom is -0.508 e. The number of aromatic hydroxyl groups is 1. The van der Waals surface area contributed by atoms with Crippen LogP contribution in [0.1, 0.15) is 56.2 Å². The number of hydrogen-bond acceptors (Lipinski definition) is 8. The first-order valence-corrected chi connectivity index (χ1v) is 10.2. The van der Waals surface area contributed by atoms with E-state index in [1.165, 1.54) is 0 Å². The maximum atomic E-state index is 9.99. The van der Waals surface area contributed by atoms with Gasteiger partial charge in [-0.3, -0.25) is 0 Å². The molecule has 0 aliphatic heterocycles. The van der Waals surface area contributed by atoms with Crippen LogP contribution in [0.25, 0.3) is 0 Å². The number of rotatable bonds is 13. The molecule has 0 unspecified atom stereocenters. The topological polar surface area (TPSA) is 128 Å². The van der Waals surface area contributed by atoms with Gasteiger partial charge in [-0.15, -0.1) is 20.4 Å². The van der Waals surface area contributed by atoms with Gasteiger partial charge < -0.3 is 9.84 Å². The number of nitrogens with one attached hydrogen (secondary N) is 1. The maximum Gasteiger partial charge on any atom is 0.174 e. The minimum absolute atomic E-state index is 0.308. The largest absolute Gasteiger partial charge is 0.508 e. The van der Waals surface area contributed by atoms with Crippen molar-refractivity contribution in [2.24, 2.45) is 0 Å². The molecule has 0 saturated carbocycles. The Hall–Kier alpha value is -3.04. The lowest BCUT2D eigenvalue weighted by Gasteiger charge is -2.12. The fraction of sp³-hybridized carbons (Fsp3) is 0.579. The van der Waals surface area contributed by atoms with Gasteiger partial charge in [-0.25, -0.2) is 0 Å². The standard InChI is InChI=1S/C19H28N8O2/c1-2-8-15-16(28)9-7-10-17(15)29-14-6-4-12-19-22-26-27(23-19)13-5-3-11-18-20-24-25-21-18/h7,9-10,28H,2-6,8,11-14H2,1H3,(H,20,21,24,25). The Kier molecular flexibility index (Phi) is 7.90. The zero-order valence-corrected chi connectivity index (χ0v) is 16.8. The lowest BCUT2D eigenvalue weighted by atomic mass is 10.1. The highest BCUT2D eigenvalue weighted by Gasteiger charge is 2.08. The van der Waals surface area contributed by atoms with Gasteiger partial charge in [0.05, 0.1) is 13.2 Å². The van der Waals surface area contributed by atoms with Crippen molar-refractivity contribution in [3.8, 4) is 11.5 Å². The predicted molar refractivity (Wildman–Crippen MR) is 105 cm³/mol. The van der Waals surface area contributed by atoms with E-state index in [0.717, 1.165) is 80.9 Å². The Balaban J connectivity index is 1.32. The molecule has 0 amide bonds. The molecular formula is C19H28N8O2. The fourth-order valence-electron chi connectivity index (χ4n) is 3.05. The van der Waals surface area contributed by atoms with Gasteiger partial charge in [-0.05, 0) is 49.5 Å². The molecule has 1 aromatic carbocycles. The molecule has 0 saturated heterocycles. The molecule has 2 aromatic heterocycles. The van der Waals surface area contributed by atoms with Gasteiger partial charge in [0.15, 0.2) is 11.6 Å². The molecule has 3 aromatic rings. The van der Waals surface area contributed by atoms with Crippen molar-refractivity contribution < 1.29 is 9.84 Å². The summed E-state index contributed by atoms with van der Waals surface area (Å²) in [5, 5.41) is 36.5. The monoisotopic (exact) mass is 400 g/mol. The Morgan fingerprint density at radius 2 is 1.90 bits per heavy atom. The zero-order valence-electron chi connectivity index (χ0n) is 16.8. The average molecular weight is 400 g/mol. The average Bonchev–Trinajstić information content (AvgIpc) is 3.39. The first kappa shape index (κ1) is 20.7. The number of phenols is 1. The number of aromatic amines is 1. The third-order valence-corrected chi connectivity index (χ3v) is 4.55. The zero-order chi connectivity index (χ0) is 20.3. The highest BCUT2D eigenvalue weighted by molar-refractivity contribution is 5.43. The molecule has 0 radical (unpaired) electrons. The highest BCUT2D eigenvalue weighted by Crippen LogP contribution is 2.28. The summed E-state index contributed by atoms with van der Waals surface area (Å²) in [5.74, 6) is 2.57. The SMILES string of the molecule is CCCc1c(O)cccc1OCCCCc1nnn(CCCCc2nn[nH]n2)n1. The van der Waals surface area contributed by atoms with Crippen LogP contribution in [0.5, 0.6) is 11.5 Å². The Labute approximate surface area is 169 Å². The summed E-state index contributed by atoms with van der Waals surface area (Å²) >= 11 is 0. The van der Waals surface area contributed by atoms with Crippen LogP contribution in [-0.4, -0.2) is 52.5 Å². The lowest BCUT2D eigenvalue weighted by Crippen LogP contribution is -2.04. The van der Waals surface area contributed by atoms with E-state index in [2.05, 4.69) is 43.0 Å². The number of ether oxygens (including phenoxy) is 1. The molecule has 0 aliphatic rings. The van der Waals surface area contributed by atoms with Crippen LogP contribution in [0, 0.1) is 0 Å². The molecule has 3 rings (SSSR count). The number of tetrazole rings is 2. The van der Waals surface area contributed by atoms with E-state index in [0.29, 0.717) is 12.4 Å². The molecule has 0 fully saturated rings.